The second kappa shape index (κ2) is 5.66. The van der Waals surface area contributed by atoms with E-state index in [4.69, 9.17) is 0 Å². The highest BCUT2D eigenvalue weighted by atomic mass is 32.2. The lowest BCUT2D eigenvalue weighted by molar-refractivity contribution is 0.0253. The zero-order chi connectivity index (χ0) is 13.2. The molecular formula is C16H24OS. The van der Waals surface area contributed by atoms with E-state index in [1.807, 2.05) is 11.8 Å². The Balaban J connectivity index is 2.26. The van der Waals surface area contributed by atoms with E-state index in [9.17, 15) is 5.11 Å². The summed E-state index contributed by atoms with van der Waals surface area (Å²) < 4.78 is 0. The number of thioether (sulfide) groups is 1. The quantitative estimate of drug-likeness (QED) is 0.891. The molecule has 1 fully saturated rings. The lowest BCUT2D eigenvalue weighted by Crippen LogP contribution is -2.38. The summed E-state index contributed by atoms with van der Waals surface area (Å²) in [6.45, 7) is 6.62. The van der Waals surface area contributed by atoms with Crippen LogP contribution in [0.2, 0.25) is 0 Å². The third kappa shape index (κ3) is 2.92. The van der Waals surface area contributed by atoms with Crippen molar-refractivity contribution in [1.82, 2.24) is 0 Å². The van der Waals surface area contributed by atoms with Gasteiger partial charge in [0, 0.05) is 5.25 Å². The Morgan fingerprint density at radius 2 is 2.22 bits per heavy atom. The molecule has 1 aromatic carbocycles. The van der Waals surface area contributed by atoms with E-state index in [1.165, 1.54) is 11.3 Å². The standard InChI is InChI=1S/C16H24OS/c1-12(2)10-14-6-4-7-15(11-14)16(17)8-5-9-18-13(16)3/h4,6-7,11-13,17H,5,8-10H2,1-3H3. The zero-order valence-corrected chi connectivity index (χ0v) is 12.5. The second-order valence-corrected chi connectivity index (χ2v) is 7.29. The lowest BCUT2D eigenvalue weighted by Gasteiger charge is -2.38. The van der Waals surface area contributed by atoms with Crippen LogP contribution >= 0.6 is 11.8 Å². The summed E-state index contributed by atoms with van der Waals surface area (Å²) in [4.78, 5) is 0. The summed E-state index contributed by atoms with van der Waals surface area (Å²) in [5.74, 6) is 1.84. The average Bonchev–Trinajstić information content (AvgIpc) is 2.32. The lowest BCUT2D eigenvalue weighted by atomic mass is 9.84. The maximum absolute atomic E-state index is 10.9. The molecule has 18 heavy (non-hydrogen) atoms. The summed E-state index contributed by atoms with van der Waals surface area (Å²) in [6, 6.07) is 8.57. The highest BCUT2D eigenvalue weighted by molar-refractivity contribution is 8.00. The predicted octanol–water partition coefficient (Wildman–Crippen LogP) is 3.99. The first-order chi connectivity index (χ1) is 8.52. The monoisotopic (exact) mass is 264 g/mol. The molecule has 1 heterocycles. The number of hydrogen-bond acceptors (Lipinski definition) is 2. The molecule has 0 amide bonds. The van der Waals surface area contributed by atoms with Crippen molar-refractivity contribution >= 4 is 11.8 Å². The van der Waals surface area contributed by atoms with Crippen molar-refractivity contribution in [3.8, 4) is 0 Å². The van der Waals surface area contributed by atoms with Crippen molar-refractivity contribution in [1.29, 1.82) is 0 Å². The Morgan fingerprint density at radius 3 is 2.89 bits per heavy atom. The molecule has 0 saturated carbocycles. The first kappa shape index (κ1) is 14.0. The van der Waals surface area contributed by atoms with Gasteiger partial charge in [-0.25, -0.2) is 0 Å². The maximum atomic E-state index is 10.9. The molecule has 0 spiro atoms. The molecule has 1 aliphatic heterocycles. The fourth-order valence-corrected chi connectivity index (χ4v) is 3.96. The van der Waals surface area contributed by atoms with Gasteiger partial charge in [-0.2, -0.15) is 11.8 Å². The van der Waals surface area contributed by atoms with Crippen LogP contribution in [0.3, 0.4) is 0 Å². The largest absolute Gasteiger partial charge is 0.384 e. The summed E-state index contributed by atoms with van der Waals surface area (Å²) in [5, 5.41) is 11.2. The smallest absolute Gasteiger partial charge is 0.101 e. The fraction of sp³-hybridized carbons (Fsp3) is 0.625. The van der Waals surface area contributed by atoms with Crippen molar-refractivity contribution in [3.05, 3.63) is 35.4 Å². The normalized spacial score (nSPS) is 28.6. The number of hydrogen-bond donors (Lipinski definition) is 1. The van der Waals surface area contributed by atoms with E-state index < -0.39 is 5.60 Å². The summed E-state index contributed by atoms with van der Waals surface area (Å²) in [6.07, 6.45) is 3.09. The van der Waals surface area contributed by atoms with E-state index in [-0.39, 0.29) is 0 Å². The van der Waals surface area contributed by atoms with E-state index >= 15 is 0 Å². The molecule has 2 unspecified atom stereocenters. The van der Waals surface area contributed by atoms with Crippen molar-refractivity contribution in [3.63, 3.8) is 0 Å². The highest BCUT2D eigenvalue weighted by Crippen LogP contribution is 2.41. The summed E-state index contributed by atoms with van der Waals surface area (Å²) in [7, 11) is 0. The van der Waals surface area contributed by atoms with Crippen LogP contribution in [0.1, 0.15) is 44.7 Å². The molecule has 0 aromatic heterocycles. The van der Waals surface area contributed by atoms with Crippen LogP contribution in [0.25, 0.3) is 0 Å². The zero-order valence-electron chi connectivity index (χ0n) is 11.6. The molecular weight excluding hydrogens is 240 g/mol. The molecule has 1 aliphatic rings. The first-order valence-electron chi connectivity index (χ1n) is 6.96. The van der Waals surface area contributed by atoms with E-state index in [0.717, 1.165) is 24.8 Å². The van der Waals surface area contributed by atoms with Crippen LogP contribution in [0, 0.1) is 5.92 Å². The first-order valence-corrected chi connectivity index (χ1v) is 8.00. The Labute approximate surface area is 115 Å². The topological polar surface area (TPSA) is 20.2 Å². The minimum Gasteiger partial charge on any atom is -0.384 e. The Morgan fingerprint density at radius 1 is 1.44 bits per heavy atom. The van der Waals surface area contributed by atoms with Gasteiger partial charge in [0.1, 0.15) is 5.60 Å². The maximum Gasteiger partial charge on any atom is 0.101 e. The van der Waals surface area contributed by atoms with Crippen molar-refractivity contribution in [2.45, 2.75) is 50.9 Å². The molecule has 0 bridgehead atoms. The van der Waals surface area contributed by atoms with Crippen LogP contribution in [0.4, 0.5) is 0 Å². The van der Waals surface area contributed by atoms with Crippen LogP contribution in [0.15, 0.2) is 24.3 Å². The van der Waals surface area contributed by atoms with Gasteiger partial charge < -0.3 is 5.11 Å². The Hall–Kier alpha value is -0.470. The fourth-order valence-electron chi connectivity index (χ4n) is 2.76. The third-order valence-corrected chi connectivity index (χ3v) is 5.23. The van der Waals surface area contributed by atoms with Crippen LogP contribution in [0.5, 0.6) is 0 Å². The van der Waals surface area contributed by atoms with Gasteiger partial charge in [0.25, 0.3) is 0 Å². The molecule has 1 aromatic rings. The van der Waals surface area contributed by atoms with Crippen LogP contribution in [-0.4, -0.2) is 16.1 Å². The third-order valence-electron chi connectivity index (χ3n) is 3.81. The van der Waals surface area contributed by atoms with E-state index in [2.05, 4.69) is 45.0 Å². The predicted molar refractivity (Wildman–Crippen MR) is 80.0 cm³/mol. The van der Waals surface area contributed by atoms with Gasteiger partial charge in [0.2, 0.25) is 0 Å². The van der Waals surface area contributed by atoms with Crippen molar-refractivity contribution in [2.24, 2.45) is 5.92 Å². The SMILES string of the molecule is CC(C)Cc1cccc(C2(O)CCCSC2C)c1. The Kier molecular flexibility index (Phi) is 4.39. The molecule has 0 radical (unpaired) electrons. The summed E-state index contributed by atoms with van der Waals surface area (Å²) >= 11 is 1.89. The second-order valence-electron chi connectivity index (χ2n) is 5.84. The molecule has 0 aliphatic carbocycles. The number of aliphatic hydroxyl groups is 1. The minimum absolute atomic E-state index is 0.292. The molecule has 2 heteroatoms. The van der Waals surface area contributed by atoms with Crippen LogP contribution in [-0.2, 0) is 12.0 Å². The highest BCUT2D eigenvalue weighted by Gasteiger charge is 2.38. The number of benzene rings is 1. The molecule has 100 valence electrons. The average molecular weight is 264 g/mol. The molecule has 2 atom stereocenters. The van der Waals surface area contributed by atoms with Crippen molar-refractivity contribution < 1.29 is 5.11 Å². The summed E-state index contributed by atoms with van der Waals surface area (Å²) in [5.41, 5.74) is 1.83. The van der Waals surface area contributed by atoms with E-state index in [1.54, 1.807) is 0 Å². The molecule has 1 N–H and O–H groups in total. The van der Waals surface area contributed by atoms with Gasteiger partial charge in [-0.05, 0) is 42.1 Å². The van der Waals surface area contributed by atoms with Crippen molar-refractivity contribution in [2.75, 3.05) is 5.75 Å². The van der Waals surface area contributed by atoms with Gasteiger partial charge in [-0.3, -0.25) is 0 Å². The molecule has 1 nitrogen and oxygen atoms in total. The molecule has 2 rings (SSSR count). The minimum atomic E-state index is -0.629. The Bertz CT molecular complexity index is 402. The van der Waals surface area contributed by atoms with Gasteiger partial charge in [0.15, 0.2) is 0 Å². The van der Waals surface area contributed by atoms with Gasteiger partial charge in [-0.15, -0.1) is 0 Å². The van der Waals surface area contributed by atoms with Gasteiger partial charge in [-0.1, -0.05) is 45.0 Å². The number of rotatable bonds is 3. The van der Waals surface area contributed by atoms with Gasteiger partial charge >= 0.3 is 0 Å². The molecule has 1 saturated heterocycles. The van der Waals surface area contributed by atoms with Gasteiger partial charge in [0.05, 0.1) is 0 Å². The van der Waals surface area contributed by atoms with Crippen LogP contribution < -0.4 is 0 Å². The van der Waals surface area contributed by atoms with E-state index in [0.29, 0.717) is 11.2 Å².